The summed E-state index contributed by atoms with van der Waals surface area (Å²) in [6.07, 6.45) is 8.13. The number of aliphatic carboxylic acids is 1. The van der Waals surface area contributed by atoms with Gasteiger partial charge in [-0.15, -0.1) is 12.3 Å². The lowest BCUT2D eigenvalue weighted by molar-refractivity contribution is -0.148. The van der Waals surface area contributed by atoms with Gasteiger partial charge in [-0.05, 0) is 25.7 Å². The van der Waals surface area contributed by atoms with Crippen LogP contribution in [0.2, 0.25) is 0 Å². The second-order valence-corrected chi connectivity index (χ2v) is 4.49. The predicted molar refractivity (Wildman–Crippen MR) is 68.1 cm³/mol. The maximum absolute atomic E-state index is 12.0. The number of urea groups is 1. The lowest BCUT2D eigenvalue weighted by Gasteiger charge is -2.33. The van der Waals surface area contributed by atoms with Crippen LogP contribution in [0.5, 0.6) is 0 Å². The van der Waals surface area contributed by atoms with Gasteiger partial charge in [0.2, 0.25) is 0 Å². The zero-order valence-electron chi connectivity index (χ0n) is 10.7. The normalized spacial score (nSPS) is 22.6. The molecular weight excluding hydrogens is 232 g/mol. The van der Waals surface area contributed by atoms with Gasteiger partial charge >= 0.3 is 12.0 Å². The largest absolute Gasteiger partial charge is 0.479 e. The molecule has 18 heavy (non-hydrogen) atoms. The maximum Gasteiger partial charge on any atom is 0.329 e. The van der Waals surface area contributed by atoms with Crippen molar-refractivity contribution in [3.8, 4) is 12.3 Å². The first-order chi connectivity index (χ1) is 8.58. The Morgan fingerprint density at radius 3 is 2.83 bits per heavy atom. The first-order valence-electron chi connectivity index (χ1n) is 6.31. The van der Waals surface area contributed by atoms with Gasteiger partial charge in [-0.1, -0.05) is 6.92 Å². The number of nitrogens with zero attached hydrogens (tertiary/aromatic N) is 1. The highest BCUT2D eigenvalue weighted by molar-refractivity contribution is 5.87. The molecule has 1 rings (SSSR count). The number of amides is 2. The summed E-state index contributed by atoms with van der Waals surface area (Å²) in [5.74, 6) is 1.58. The lowest BCUT2D eigenvalue weighted by atomic mass is 9.93. The van der Waals surface area contributed by atoms with E-state index in [4.69, 9.17) is 6.42 Å². The van der Waals surface area contributed by atoms with Gasteiger partial charge in [0.1, 0.15) is 5.54 Å². The van der Waals surface area contributed by atoms with Gasteiger partial charge in [0.25, 0.3) is 0 Å². The number of likely N-dealkylation sites (tertiary alicyclic amines) is 1. The number of rotatable bonds is 5. The topological polar surface area (TPSA) is 69.6 Å². The standard InChI is InChI=1S/C13H20N2O3/c1-3-5-6-9-14-12(18)15-10-7-8-13(15,4-2)11(16)17/h1H,4-10H2,2H3,(H,14,18)(H,16,17). The van der Waals surface area contributed by atoms with Crippen LogP contribution in [0.25, 0.3) is 0 Å². The van der Waals surface area contributed by atoms with Crippen molar-refractivity contribution in [1.82, 2.24) is 10.2 Å². The number of nitrogens with one attached hydrogen (secondary N) is 1. The third-order valence-electron chi connectivity index (χ3n) is 3.49. The summed E-state index contributed by atoms with van der Waals surface area (Å²) in [6, 6.07) is -0.297. The van der Waals surface area contributed by atoms with Crippen LogP contribution < -0.4 is 5.32 Å². The van der Waals surface area contributed by atoms with Crippen LogP contribution in [-0.4, -0.2) is 40.6 Å². The Balaban J connectivity index is 2.61. The third kappa shape index (κ3) is 2.76. The van der Waals surface area contributed by atoms with Crippen molar-refractivity contribution in [2.45, 2.75) is 44.6 Å². The molecule has 0 spiro atoms. The van der Waals surface area contributed by atoms with Crippen LogP contribution in [0.1, 0.15) is 39.0 Å². The fourth-order valence-electron chi connectivity index (χ4n) is 2.40. The van der Waals surface area contributed by atoms with Gasteiger partial charge < -0.3 is 15.3 Å². The molecule has 1 fully saturated rings. The van der Waals surface area contributed by atoms with E-state index in [0.717, 1.165) is 6.42 Å². The molecule has 5 heteroatoms. The van der Waals surface area contributed by atoms with E-state index in [1.54, 1.807) is 6.92 Å². The number of carboxylic acid groups (broad SMARTS) is 1. The molecular formula is C13H20N2O3. The zero-order chi connectivity index (χ0) is 13.6. The second-order valence-electron chi connectivity index (χ2n) is 4.49. The fraction of sp³-hybridized carbons (Fsp3) is 0.692. The maximum atomic E-state index is 12.0. The first kappa shape index (κ1) is 14.4. The Morgan fingerprint density at radius 1 is 1.56 bits per heavy atom. The minimum absolute atomic E-state index is 0.297. The number of hydrogen-bond donors (Lipinski definition) is 2. The Kier molecular flexibility index (Phi) is 5.02. The van der Waals surface area contributed by atoms with Crippen LogP contribution >= 0.6 is 0 Å². The number of terminal acetylenes is 1. The Morgan fingerprint density at radius 2 is 2.28 bits per heavy atom. The van der Waals surface area contributed by atoms with Gasteiger partial charge in [0, 0.05) is 19.5 Å². The predicted octanol–water partition coefficient (Wildman–Crippen LogP) is 1.44. The molecule has 0 bridgehead atoms. The van der Waals surface area contributed by atoms with Crippen molar-refractivity contribution in [3.05, 3.63) is 0 Å². The molecule has 1 saturated heterocycles. The molecule has 1 unspecified atom stereocenters. The third-order valence-corrected chi connectivity index (χ3v) is 3.49. The molecule has 1 atom stereocenters. The van der Waals surface area contributed by atoms with Gasteiger partial charge in [0.15, 0.2) is 0 Å². The molecule has 1 heterocycles. The zero-order valence-corrected chi connectivity index (χ0v) is 10.7. The average Bonchev–Trinajstić information content (AvgIpc) is 2.79. The monoisotopic (exact) mass is 252 g/mol. The van der Waals surface area contributed by atoms with E-state index in [0.29, 0.717) is 38.8 Å². The summed E-state index contributed by atoms with van der Waals surface area (Å²) in [5.41, 5.74) is -1.03. The minimum atomic E-state index is -1.03. The number of carboxylic acids is 1. The summed E-state index contributed by atoms with van der Waals surface area (Å²) in [4.78, 5) is 24.8. The highest BCUT2D eigenvalue weighted by atomic mass is 16.4. The Hall–Kier alpha value is -1.70. The van der Waals surface area contributed by atoms with Crippen LogP contribution in [0.3, 0.4) is 0 Å². The molecule has 1 aliphatic rings. The highest BCUT2D eigenvalue weighted by Gasteiger charge is 2.48. The average molecular weight is 252 g/mol. The Bertz CT molecular complexity index is 362. The number of unbranched alkanes of at least 4 members (excludes halogenated alkanes) is 1. The van der Waals surface area contributed by atoms with E-state index in [-0.39, 0.29) is 6.03 Å². The van der Waals surface area contributed by atoms with E-state index >= 15 is 0 Å². The minimum Gasteiger partial charge on any atom is -0.479 e. The molecule has 0 aromatic heterocycles. The fourth-order valence-corrected chi connectivity index (χ4v) is 2.40. The van der Waals surface area contributed by atoms with Gasteiger partial charge in [-0.3, -0.25) is 0 Å². The van der Waals surface area contributed by atoms with Crippen molar-refractivity contribution < 1.29 is 14.7 Å². The molecule has 0 aliphatic carbocycles. The lowest BCUT2D eigenvalue weighted by Crippen LogP contribution is -2.55. The molecule has 0 aromatic carbocycles. The number of carbonyl (C=O) groups excluding carboxylic acids is 1. The van der Waals surface area contributed by atoms with E-state index in [1.807, 2.05) is 0 Å². The van der Waals surface area contributed by atoms with E-state index < -0.39 is 11.5 Å². The molecule has 0 aromatic rings. The molecule has 0 radical (unpaired) electrons. The molecule has 2 N–H and O–H groups in total. The summed E-state index contributed by atoms with van der Waals surface area (Å²) >= 11 is 0. The van der Waals surface area contributed by atoms with Gasteiger partial charge in [-0.25, -0.2) is 9.59 Å². The second kappa shape index (κ2) is 6.29. The summed E-state index contributed by atoms with van der Waals surface area (Å²) < 4.78 is 0. The van der Waals surface area contributed by atoms with Crippen LogP contribution in [0.15, 0.2) is 0 Å². The van der Waals surface area contributed by atoms with E-state index in [9.17, 15) is 14.7 Å². The smallest absolute Gasteiger partial charge is 0.329 e. The molecule has 100 valence electrons. The van der Waals surface area contributed by atoms with Crippen molar-refractivity contribution in [2.75, 3.05) is 13.1 Å². The van der Waals surface area contributed by atoms with Gasteiger partial charge in [-0.2, -0.15) is 0 Å². The van der Waals surface area contributed by atoms with Crippen LogP contribution in [-0.2, 0) is 4.79 Å². The first-order valence-corrected chi connectivity index (χ1v) is 6.31. The molecule has 2 amide bonds. The number of carbonyl (C=O) groups is 2. The van der Waals surface area contributed by atoms with Crippen molar-refractivity contribution >= 4 is 12.0 Å². The quantitative estimate of drug-likeness (QED) is 0.574. The van der Waals surface area contributed by atoms with Crippen molar-refractivity contribution in [3.63, 3.8) is 0 Å². The highest BCUT2D eigenvalue weighted by Crippen LogP contribution is 2.32. The summed E-state index contributed by atoms with van der Waals surface area (Å²) in [7, 11) is 0. The summed E-state index contributed by atoms with van der Waals surface area (Å²) in [6.45, 7) is 2.79. The number of hydrogen-bond acceptors (Lipinski definition) is 2. The van der Waals surface area contributed by atoms with Crippen molar-refractivity contribution in [1.29, 1.82) is 0 Å². The molecule has 5 nitrogen and oxygen atoms in total. The van der Waals surface area contributed by atoms with Crippen LogP contribution in [0.4, 0.5) is 4.79 Å². The van der Waals surface area contributed by atoms with E-state index in [2.05, 4.69) is 11.2 Å². The molecule has 0 saturated carbocycles. The Labute approximate surface area is 108 Å². The SMILES string of the molecule is C#CCCCNC(=O)N1CCCC1(CC)C(=O)O. The van der Waals surface area contributed by atoms with Crippen LogP contribution in [0, 0.1) is 12.3 Å². The van der Waals surface area contributed by atoms with Crippen molar-refractivity contribution in [2.24, 2.45) is 0 Å². The van der Waals surface area contributed by atoms with E-state index in [1.165, 1.54) is 4.90 Å². The summed E-state index contributed by atoms with van der Waals surface area (Å²) in [5, 5.41) is 12.1. The molecule has 1 aliphatic heterocycles. The van der Waals surface area contributed by atoms with Gasteiger partial charge in [0.05, 0.1) is 0 Å².